The van der Waals surface area contributed by atoms with Crippen molar-refractivity contribution in [1.29, 1.82) is 5.26 Å². The van der Waals surface area contributed by atoms with Crippen molar-refractivity contribution in [3.05, 3.63) is 29.1 Å². The van der Waals surface area contributed by atoms with Gasteiger partial charge in [0.25, 0.3) is 9.05 Å². The van der Waals surface area contributed by atoms with Gasteiger partial charge >= 0.3 is 0 Å². The van der Waals surface area contributed by atoms with Crippen LogP contribution in [0.25, 0.3) is 0 Å². The molecule has 3 nitrogen and oxygen atoms in total. The van der Waals surface area contributed by atoms with Crippen molar-refractivity contribution in [2.24, 2.45) is 0 Å². The van der Waals surface area contributed by atoms with Gasteiger partial charge in [-0.25, -0.2) is 12.8 Å². The molecule has 7 heteroatoms. The molecule has 1 aromatic carbocycles. The molecule has 15 heavy (non-hydrogen) atoms. The third-order valence-electron chi connectivity index (χ3n) is 1.68. The molecule has 80 valence electrons. The summed E-state index contributed by atoms with van der Waals surface area (Å²) in [5, 5.41) is 8.66. The van der Waals surface area contributed by atoms with Gasteiger partial charge in [0, 0.05) is 16.6 Å². The van der Waals surface area contributed by atoms with E-state index in [4.69, 9.17) is 27.5 Å². The molecular weight excluding hydrogens is 264 g/mol. The van der Waals surface area contributed by atoms with E-state index >= 15 is 0 Å². The molecule has 0 atom stereocenters. The maximum Gasteiger partial charge on any atom is 0.264 e. The second kappa shape index (κ2) is 4.35. The molecule has 0 N–H and O–H groups in total. The van der Waals surface area contributed by atoms with Gasteiger partial charge in [0.2, 0.25) is 0 Å². The van der Waals surface area contributed by atoms with Gasteiger partial charge in [0.05, 0.1) is 11.6 Å². The van der Waals surface area contributed by atoms with Gasteiger partial charge in [-0.15, -0.1) is 11.6 Å². The number of alkyl halides is 1. The van der Waals surface area contributed by atoms with E-state index in [2.05, 4.69) is 0 Å². The summed E-state index contributed by atoms with van der Waals surface area (Å²) in [6.07, 6.45) is 0. The molecule has 0 amide bonds. The van der Waals surface area contributed by atoms with Crippen LogP contribution in [-0.2, 0) is 14.9 Å². The Morgan fingerprint density at radius 2 is 2.07 bits per heavy atom. The van der Waals surface area contributed by atoms with Crippen LogP contribution in [0.3, 0.4) is 0 Å². The Hall–Kier alpha value is -0.830. The van der Waals surface area contributed by atoms with Gasteiger partial charge in [-0.2, -0.15) is 5.26 Å². The van der Waals surface area contributed by atoms with Crippen molar-refractivity contribution < 1.29 is 12.8 Å². The van der Waals surface area contributed by atoms with Gasteiger partial charge in [-0.3, -0.25) is 0 Å². The van der Waals surface area contributed by atoms with Crippen molar-refractivity contribution >= 4 is 31.3 Å². The van der Waals surface area contributed by atoms with E-state index in [-0.39, 0.29) is 17.0 Å². The van der Waals surface area contributed by atoms with E-state index in [0.717, 1.165) is 12.1 Å². The lowest BCUT2D eigenvalue weighted by atomic mass is 10.1. The first-order valence-electron chi connectivity index (χ1n) is 3.63. The summed E-state index contributed by atoms with van der Waals surface area (Å²) in [5.74, 6) is -1.10. The number of benzene rings is 1. The first-order chi connectivity index (χ1) is 6.90. The SMILES string of the molecule is N#Cc1cc(S(=O)(=O)Cl)c(F)cc1CCl. The first-order valence-corrected chi connectivity index (χ1v) is 6.47. The maximum atomic E-state index is 13.2. The van der Waals surface area contributed by atoms with Crippen LogP contribution in [0.5, 0.6) is 0 Å². The summed E-state index contributed by atoms with van der Waals surface area (Å²) in [6, 6.07) is 3.47. The van der Waals surface area contributed by atoms with E-state index in [1.165, 1.54) is 0 Å². The fourth-order valence-electron chi connectivity index (χ4n) is 0.996. The molecule has 0 aliphatic rings. The van der Waals surface area contributed by atoms with Crippen molar-refractivity contribution in [3.8, 4) is 6.07 Å². The molecule has 0 saturated carbocycles. The van der Waals surface area contributed by atoms with Gasteiger partial charge in [0.15, 0.2) is 0 Å². The number of halogens is 3. The molecule has 1 aromatic rings. The number of nitrogens with zero attached hydrogens (tertiary/aromatic N) is 1. The van der Waals surface area contributed by atoms with E-state index in [0.29, 0.717) is 0 Å². The fraction of sp³-hybridized carbons (Fsp3) is 0.125. The topological polar surface area (TPSA) is 57.9 Å². The molecule has 0 aliphatic carbocycles. The molecule has 0 aromatic heterocycles. The van der Waals surface area contributed by atoms with E-state index < -0.39 is 19.8 Å². The van der Waals surface area contributed by atoms with Crippen LogP contribution in [0, 0.1) is 17.1 Å². The fourth-order valence-corrected chi connectivity index (χ4v) is 2.12. The highest BCUT2D eigenvalue weighted by atomic mass is 35.7. The Morgan fingerprint density at radius 3 is 2.47 bits per heavy atom. The third-order valence-corrected chi connectivity index (χ3v) is 3.31. The van der Waals surface area contributed by atoms with E-state index in [1.54, 1.807) is 6.07 Å². The molecule has 0 bridgehead atoms. The smallest absolute Gasteiger partial charge is 0.207 e. The van der Waals surface area contributed by atoms with Crippen LogP contribution in [0.2, 0.25) is 0 Å². The molecule has 0 aliphatic heterocycles. The summed E-state index contributed by atoms with van der Waals surface area (Å²) in [7, 11) is 0.790. The number of hydrogen-bond donors (Lipinski definition) is 0. The van der Waals surface area contributed by atoms with Crippen molar-refractivity contribution in [2.75, 3.05) is 0 Å². The summed E-state index contributed by atoms with van der Waals surface area (Å²) in [4.78, 5) is -0.713. The minimum atomic E-state index is -4.19. The Morgan fingerprint density at radius 1 is 1.47 bits per heavy atom. The van der Waals surface area contributed by atoms with Crippen LogP contribution >= 0.6 is 22.3 Å². The Balaban J connectivity index is 3.55. The second-order valence-electron chi connectivity index (χ2n) is 2.62. The van der Waals surface area contributed by atoms with Crippen molar-refractivity contribution in [1.82, 2.24) is 0 Å². The van der Waals surface area contributed by atoms with Crippen LogP contribution in [0.4, 0.5) is 4.39 Å². The number of rotatable bonds is 2. The summed E-state index contributed by atoms with van der Waals surface area (Å²) >= 11 is 5.45. The van der Waals surface area contributed by atoms with E-state index in [1.807, 2.05) is 0 Å². The zero-order valence-electron chi connectivity index (χ0n) is 7.17. The Bertz CT molecular complexity index is 536. The zero-order chi connectivity index (χ0) is 11.6. The van der Waals surface area contributed by atoms with Gasteiger partial charge in [-0.05, 0) is 17.7 Å². The van der Waals surface area contributed by atoms with E-state index in [9.17, 15) is 12.8 Å². The minimum Gasteiger partial charge on any atom is -0.207 e. The first kappa shape index (κ1) is 12.2. The lowest BCUT2D eigenvalue weighted by Gasteiger charge is -2.03. The van der Waals surface area contributed by atoms with Crippen molar-refractivity contribution in [2.45, 2.75) is 10.8 Å². The van der Waals surface area contributed by atoms with Gasteiger partial charge < -0.3 is 0 Å². The average Bonchev–Trinajstić information content (AvgIpc) is 2.15. The quantitative estimate of drug-likeness (QED) is 0.611. The molecule has 0 heterocycles. The number of hydrogen-bond acceptors (Lipinski definition) is 3. The highest BCUT2D eigenvalue weighted by molar-refractivity contribution is 8.13. The van der Waals surface area contributed by atoms with Gasteiger partial charge in [-0.1, -0.05) is 0 Å². The second-order valence-corrected chi connectivity index (χ2v) is 5.42. The van der Waals surface area contributed by atoms with Gasteiger partial charge in [0.1, 0.15) is 10.7 Å². The molecule has 0 unspecified atom stereocenters. The third kappa shape index (κ3) is 2.59. The van der Waals surface area contributed by atoms with Crippen LogP contribution in [-0.4, -0.2) is 8.42 Å². The van der Waals surface area contributed by atoms with Crippen LogP contribution < -0.4 is 0 Å². The molecule has 0 fully saturated rings. The highest BCUT2D eigenvalue weighted by Crippen LogP contribution is 2.23. The largest absolute Gasteiger partial charge is 0.264 e. The molecular formula is C8H4Cl2FNO2S. The Kier molecular flexibility index (Phi) is 3.55. The molecule has 0 radical (unpaired) electrons. The zero-order valence-corrected chi connectivity index (χ0v) is 9.50. The van der Waals surface area contributed by atoms with Crippen LogP contribution in [0.15, 0.2) is 17.0 Å². The highest BCUT2D eigenvalue weighted by Gasteiger charge is 2.18. The lowest BCUT2D eigenvalue weighted by molar-refractivity contribution is 0.574. The summed E-state index contributed by atoms with van der Waals surface area (Å²) < 4.78 is 35.0. The monoisotopic (exact) mass is 267 g/mol. The molecule has 1 rings (SSSR count). The molecule has 0 saturated heterocycles. The van der Waals surface area contributed by atoms with Crippen LogP contribution in [0.1, 0.15) is 11.1 Å². The maximum absolute atomic E-state index is 13.2. The standard InChI is InChI=1S/C8H4Cl2FNO2S/c9-3-5-1-7(11)8(15(10,13)14)2-6(5)4-12/h1-2H,3H2. The lowest BCUT2D eigenvalue weighted by Crippen LogP contribution is -1.99. The van der Waals surface area contributed by atoms with Crippen molar-refractivity contribution in [3.63, 3.8) is 0 Å². The summed E-state index contributed by atoms with van der Waals surface area (Å²) in [5.41, 5.74) is 0.214. The summed E-state index contributed by atoms with van der Waals surface area (Å²) in [6.45, 7) is 0. The predicted octanol–water partition coefficient (Wildman–Crippen LogP) is 2.36. The average molecular weight is 268 g/mol. The predicted molar refractivity (Wildman–Crippen MR) is 53.7 cm³/mol. The Labute approximate surface area is 95.5 Å². The number of nitriles is 1. The molecule has 0 spiro atoms. The normalized spacial score (nSPS) is 11.1. The minimum absolute atomic E-state index is 0.00868.